The van der Waals surface area contributed by atoms with Crippen LogP contribution in [0.1, 0.15) is 30.9 Å². The smallest absolute Gasteiger partial charge is 0.309 e. The van der Waals surface area contributed by atoms with Gasteiger partial charge in [0, 0.05) is 13.1 Å². The molecule has 0 N–H and O–H groups in total. The summed E-state index contributed by atoms with van der Waals surface area (Å²) in [6.45, 7) is 5.37. The summed E-state index contributed by atoms with van der Waals surface area (Å²) in [4.78, 5) is 13.9. The van der Waals surface area contributed by atoms with Gasteiger partial charge in [-0.1, -0.05) is 31.2 Å². The predicted octanol–water partition coefficient (Wildman–Crippen LogP) is 2.63. The Balaban J connectivity index is 2.02. The van der Waals surface area contributed by atoms with Gasteiger partial charge < -0.3 is 4.74 Å². The minimum atomic E-state index is -0.169. The molecule has 1 aromatic carbocycles. The summed E-state index contributed by atoms with van der Waals surface area (Å²) in [5.74, 6) is 0.727. The number of esters is 1. The lowest BCUT2D eigenvalue weighted by molar-refractivity contribution is -0.139. The van der Waals surface area contributed by atoms with Crippen LogP contribution in [-0.4, -0.2) is 31.1 Å². The van der Waals surface area contributed by atoms with Crippen LogP contribution in [0.4, 0.5) is 0 Å². The van der Waals surface area contributed by atoms with Crippen LogP contribution in [-0.2, 0) is 22.5 Å². The van der Waals surface area contributed by atoms with Gasteiger partial charge in [0.05, 0.1) is 13.5 Å². The van der Waals surface area contributed by atoms with Gasteiger partial charge in [0.25, 0.3) is 0 Å². The quantitative estimate of drug-likeness (QED) is 0.707. The number of benzene rings is 1. The maximum absolute atomic E-state index is 11.4. The number of hydrogen-bond donors (Lipinski definition) is 0. The molecule has 19 heavy (non-hydrogen) atoms. The maximum atomic E-state index is 11.4. The predicted molar refractivity (Wildman–Crippen MR) is 75.8 cm³/mol. The highest BCUT2D eigenvalue weighted by Gasteiger charge is 2.24. The van der Waals surface area contributed by atoms with Crippen LogP contribution >= 0.6 is 0 Å². The molecule has 2 rings (SSSR count). The number of rotatable bonds is 7. The van der Waals surface area contributed by atoms with Gasteiger partial charge in [0.2, 0.25) is 0 Å². The first-order chi connectivity index (χ1) is 9.22. The molecule has 0 amide bonds. The molecule has 0 unspecified atom stereocenters. The fourth-order valence-corrected chi connectivity index (χ4v) is 2.32. The summed E-state index contributed by atoms with van der Waals surface area (Å²) in [6, 6.07) is 8.17. The van der Waals surface area contributed by atoms with Crippen molar-refractivity contribution in [2.45, 2.75) is 32.7 Å². The van der Waals surface area contributed by atoms with E-state index in [1.807, 2.05) is 18.2 Å². The molecule has 0 aliphatic heterocycles. The summed E-state index contributed by atoms with van der Waals surface area (Å²) in [5, 5.41) is 0. The Morgan fingerprint density at radius 1 is 1.32 bits per heavy atom. The lowest BCUT2D eigenvalue weighted by Gasteiger charge is -2.21. The minimum absolute atomic E-state index is 0.169. The SMILES string of the molecule is CCN(Cc1ccccc1CC(=O)OC)CC1CC1. The van der Waals surface area contributed by atoms with E-state index in [9.17, 15) is 4.79 Å². The zero-order valence-electron chi connectivity index (χ0n) is 11.9. The van der Waals surface area contributed by atoms with Crippen molar-refractivity contribution in [3.8, 4) is 0 Å². The van der Waals surface area contributed by atoms with Crippen molar-refractivity contribution in [2.75, 3.05) is 20.2 Å². The Morgan fingerprint density at radius 3 is 2.58 bits per heavy atom. The molecule has 1 saturated carbocycles. The molecule has 104 valence electrons. The molecule has 0 bridgehead atoms. The minimum Gasteiger partial charge on any atom is -0.469 e. The summed E-state index contributed by atoms with van der Waals surface area (Å²) in [5.41, 5.74) is 2.33. The van der Waals surface area contributed by atoms with Gasteiger partial charge in [-0.15, -0.1) is 0 Å². The zero-order chi connectivity index (χ0) is 13.7. The number of nitrogens with zero attached hydrogens (tertiary/aromatic N) is 1. The molecular weight excluding hydrogens is 238 g/mol. The summed E-state index contributed by atoms with van der Waals surface area (Å²) >= 11 is 0. The van der Waals surface area contributed by atoms with Crippen LogP contribution in [0.15, 0.2) is 24.3 Å². The second-order valence-corrected chi connectivity index (χ2v) is 5.29. The molecule has 3 heteroatoms. The second-order valence-electron chi connectivity index (χ2n) is 5.29. The van der Waals surface area contributed by atoms with Gasteiger partial charge in [-0.3, -0.25) is 9.69 Å². The van der Waals surface area contributed by atoms with E-state index >= 15 is 0 Å². The third-order valence-electron chi connectivity index (χ3n) is 3.74. The Labute approximate surface area is 115 Å². The zero-order valence-corrected chi connectivity index (χ0v) is 11.9. The number of carbonyl (C=O) groups is 1. The third-order valence-corrected chi connectivity index (χ3v) is 3.74. The second kappa shape index (κ2) is 6.71. The highest BCUT2D eigenvalue weighted by molar-refractivity contribution is 5.72. The number of methoxy groups -OCH3 is 1. The highest BCUT2D eigenvalue weighted by Crippen LogP contribution is 2.30. The van der Waals surface area contributed by atoms with Crippen molar-refractivity contribution in [3.05, 3.63) is 35.4 Å². The lowest BCUT2D eigenvalue weighted by Crippen LogP contribution is -2.26. The van der Waals surface area contributed by atoms with Crippen molar-refractivity contribution in [2.24, 2.45) is 5.92 Å². The average Bonchev–Trinajstić information content (AvgIpc) is 3.23. The van der Waals surface area contributed by atoms with Gasteiger partial charge in [-0.05, 0) is 36.4 Å². The molecule has 0 atom stereocenters. The fraction of sp³-hybridized carbons (Fsp3) is 0.562. The molecule has 0 heterocycles. The van der Waals surface area contributed by atoms with Crippen LogP contribution in [0.5, 0.6) is 0 Å². The van der Waals surface area contributed by atoms with E-state index in [4.69, 9.17) is 4.74 Å². The van der Waals surface area contributed by atoms with E-state index in [1.165, 1.54) is 32.1 Å². The van der Waals surface area contributed by atoms with E-state index in [-0.39, 0.29) is 5.97 Å². The van der Waals surface area contributed by atoms with Crippen molar-refractivity contribution < 1.29 is 9.53 Å². The van der Waals surface area contributed by atoms with Gasteiger partial charge in [-0.25, -0.2) is 0 Å². The topological polar surface area (TPSA) is 29.5 Å². The van der Waals surface area contributed by atoms with Crippen molar-refractivity contribution in [1.82, 2.24) is 4.90 Å². The third kappa shape index (κ3) is 4.35. The van der Waals surface area contributed by atoms with E-state index < -0.39 is 0 Å². The van der Waals surface area contributed by atoms with Gasteiger partial charge in [0.15, 0.2) is 0 Å². The first kappa shape index (κ1) is 14.1. The van der Waals surface area contributed by atoms with Crippen LogP contribution in [0, 0.1) is 5.92 Å². The van der Waals surface area contributed by atoms with Crippen molar-refractivity contribution >= 4 is 5.97 Å². The summed E-state index contributed by atoms with van der Waals surface area (Å²) in [6.07, 6.45) is 3.12. The molecular formula is C16H23NO2. The van der Waals surface area contributed by atoms with Crippen molar-refractivity contribution in [1.29, 1.82) is 0 Å². The maximum Gasteiger partial charge on any atom is 0.309 e. The normalized spacial score (nSPS) is 14.7. The molecule has 1 aliphatic carbocycles. The average molecular weight is 261 g/mol. The molecule has 0 saturated heterocycles. The molecule has 1 aliphatic rings. The van der Waals surface area contributed by atoms with Gasteiger partial charge in [-0.2, -0.15) is 0 Å². The van der Waals surface area contributed by atoms with Crippen LogP contribution in [0.2, 0.25) is 0 Å². The number of ether oxygens (including phenoxy) is 1. The van der Waals surface area contributed by atoms with Crippen LogP contribution in [0.25, 0.3) is 0 Å². The Bertz CT molecular complexity index is 427. The van der Waals surface area contributed by atoms with Crippen LogP contribution in [0.3, 0.4) is 0 Å². The lowest BCUT2D eigenvalue weighted by atomic mass is 10.0. The van der Waals surface area contributed by atoms with Crippen molar-refractivity contribution in [3.63, 3.8) is 0 Å². The number of carbonyl (C=O) groups excluding carboxylic acids is 1. The van der Waals surface area contributed by atoms with Gasteiger partial charge in [0.1, 0.15) is 0 Å². The van der Waals surface area contributed by atoms with Gasteiger partial charge >= 0.3 is 5.97 Å². The Kier molecular flexibility index (Phi) is 4.97. The van der Waals surface area contributed by atoms with Crippen LogP contribution < -0.4 is 0 Å². The monoisotopic (exact) mass is 261 g/mol. The van der Waals surface area contributed by atoms with E-state index in [1.54, 1.807) is 0 Å². The largest absolute Gasteiger partial charge is 0.469 e. The first-order valence-electron chi connectivity index (χ1n) is 7.09. The molecule has 1 fully saturated rings. The first-order valence-corrected chi connectivity index (χ1v) is 7.09. The molecule has 3 nitrogen and oxygen atoms in total. The highest BCUT2D eigenvalue weighted by atomic mass is 16.5. The molecule has 0 radical (unpaired) electrons. The van der Waals surface area contributed by atoms with E-state index in [2.05, 4.69) is 17.9 Å². The summed E-state index contributed by atoms with van der Waals surface area (Å²) in [7, 11) is 1.44. The number of hydrogen-bond acceptors (Lipinski definition) is 3. The molecule has 0 aromatic heterocycles. The Hall–Kier alpha value is -1.35. The Morgan fingerprint density at radius 2 is 2.00 bits per heavy atom. The van der Waals surface area contributed by atoms with E-state index in [0.717, 1.165) is 24.6 Å². The fourth-order valence-electron chi connectivity index (χ4n) is 2.32. The standard InChI is InChI=1S/C16H23NO2/c1-3-17(11-13-8-9-13)12-15-7-5-4-6-14(15)10-16(18)19-2/h4-7,13H,3,8-12H2,1-2H3. The van der Waals surface area contributed by atoms with E-state index in [0.29, 0.717) is 6.42 Å². The molecule has 0 spiro atoms. The molecule has 1 aromatic rings. The summed E-state index contributed by atoms with van der Waals surface area (Å²) < 4.78 is 4.76.